The van der Waals surface area contributed by atoms with Gasteiger partial charge in [0.1, 0.15) is 11.5 Å². The number of piperidine rings is 1. The van der Waals surface area contributed by atoms with Crippen LogP contribution in [-0.4, -0.2) is 38.3 Å². The van der Waals surface area contributed by atoms with Gasteiger partial charge in [-0.25, -0.2) is 0 Å². The van der Waals surface area contributed by atoms with Crippen LogP contribution in [0.2, 0.25) is 0 Å². The van der Waals surface area contributed by atoms with Crippen molar-refractivity contribution < 1.29 is 9.47 Å². The molecule has 1 aliphatic rings. The number of rotatable bonds is 6. The second-order valence-electron chi connectivity index (χ2n) is 6.74. The van der Waals surface area contributed by atoms with E-state index in [9.17, 15) is 0 Å². The van der Waals surface area contributed by atoms with Gasteiger partial charge in [0, 0.05) is 43.0 Å². The second kappa shape index (κ2) is 8.26. The smallest absolute Gasteiger partial charge is 0.127 e. The van der Waals surface area contributed by atoms with E-state index in [1.807, 2.05) is 12.1 Å². The van der Waals surface area contributed by atoms with Crippen molar-refractivity contribution in [1.82, 2.24) is 4.90 Å². The maximum atomic E-state index is 5.52. The molecule has 4 nitrogen and oxygen atoms in total. The number of nitrogens with one attached hydrogen (secondary N) is 1. The molecule has 25 heavy (non-hydrogen) atoms. The molecule has 1 aliphatic heterocycles. The van der Waals surface area contributed by atoms with Crippen LogP contribution in [0, 0.1) is 6.92 Å². The Morgan fingerprint density at radius 3 is 2.36 bits per heavy atom. The Morgan fingerprint density at radius 2 is 1.72 bits per heavy atom. The van der Waals surface area contributed by atoms with Crippen molar-refractivity contribution in [3.8, 4) is 11.5 Å². The van der Waals surface area contributed by atoms with Gasteiger partial charge in [0.15, 0.2) is 0 Å². The van der Waals surface area contributed by atoms with Crippen LogP contribution in [0.1, 0.15) is 24.0 Å². The number of benzene rings is 2. The highest BCUT2D eigenvalue weighted by Crippen LogP contribution is 2.27. The normalized spacial score (nSPS) is 15.8. The molecule has 0 radical (unpaired) electrons. The van der Waals surface area contributed by atoms with Crippen LogP contribution in [0.4, 0.5) is 5.69 Å². The summed E-state index contributed by atoms with van der Waals surface area (Å²) < 4.78 is 10.8. The monoisotopic (exact) mass is 340 g/mol. The van der Waals surface area contributed by atoms with Gasteiger partial charge < -0.3 is 14.8 Å². The minimum absolute atomic E-state index is 0.553. The standard InChI is InChI=1S/C21H28N2O2/c1-16-4-7-18(8-5-16)22-19-10-12-23(13-11-19)15-17-6-9-20(24-2)14-21(17)25-3/h4-9,14,19,22H,10-13,15H2,1-3H3. The van der Waals surface area contributed by atoms with Gasteiger partial charge in [-0.15, -0.1) is 0 Å². The predicted octanol–water partition coefficient (Wildman–Crippen LogP) is 4.09. The molecular formula is C21H28N2O2. The van der Waals surface area contributed by atoms with Gasteiger partial charge in [0.05, 0.1) is 14.2 Å². The molecule has 0 aromatic heterocycles. The lowest BCUT2D eigenvalue weighted by Crippen LogP contribution is -2.38. The molecule has 1 fully saturated rings. The predicted molar refractivity (Wildman–Crippen MR) is 103 cm³/mol. The third kappa shape index (κ3) is 4.67. The van der Waals surface area contributed by atoms with E-state index in [4.69, 9.17) is 9.47 Å². The fourth-order valence-electron chi connectivity index (χ4n) is 3.34. The highest BCUT2D eigenvalue weighted by atomic mass is 16.5. The van der Waals surface area contributed by atoms with Crippen molar-refractivity contribution in [2.75, 3.05) is 32.6 Å². The van der Waals surface area contributed by atoms with Crippen LogP contribution in [0.3, 0.4) is 0 Å². The van der Waals surface area contributed by atoms with E-state index in [-0.39, 0.29) is 0 Å². The third-order valence-electron chi connectivity index (χ3n) is 4.90. The summed E-state index contributed by atoms with van der Waals surface area (Å²) in [6.45, 7) is 5.23. The Kier molecular flexibility index (Phi) is 5.82. The number of ether oxygens (including phenoxy) is 2. The summed E-state index contributed by atoms with van der Waals surface area (Å²) in [6.07, 6.45) is 2.32. The summed E-state index contributed by atoms with van der Waals surface area (Å²) in [6, 6.07) is 15.3. The summed E-state index contributed by atoms with van der Waals surface area (Å²) in [5, 5.41) is 3.66. The molecule has 0 atom stereocenters. The minimum Gasteiger partial charge on any atom is -0.497 e. The zero-order valence-electron chi connectivity index (χ0n) is 15.4. The van der Waals surface area contributed by atoms with E-state index < -0.39 is 0 Å². The fraction of sp³-hybridized carbons (Fsp3) is 0.429. The molecule has 0 bridgehead atoms. The lowest BCUT2D eigenvalue weighted by atomic mass is 10.0. The minimum atomic E-state index is 0.553. The highest BCUT2D eigenvalue weighted by molar-refractivity contribution is 5.45. The van der Waals surface area contributed by atoms with E-state index in [1.165, 1.54) is 16.8 Å². The number of anilines is 1. The molecule has 1 N–H and O–H groups in total. The van der Waals surface area contributed by atoms with Crippen LogP contribution >= 0.6 is 0 Å². The first-order valence-electron chi connectivity index (χ1n) is 8.94. The van der Waals surface area contributed by atoms with Crippen molar-refractivity contribution in [3.05, 3.63) is 53.6 Å². The topological polar surface area (TPSA) is 33.7 Å². The average Bonchev–Trinajstić information content (AvgIpc) is 2.65. The first-order chi connectivity index (χ1) is 12.2. The molecule has 134 valence electrons. The first-order valence-corrected chi connectivity index (χ1v) is 8.94. The number of aryl methyl sites for hydroxylation is 1. The molecule has 1 saturated heterocycles. The number of methoxy groups -OCH3 is 2. The average molecular weight is 340 g/mol. The van der Waals surface area contributed by atoms with E-state index >= 15 is 0 Å². The van der Waals surface area contributed by atoms with Crippen molar-refractivity contribution in [3.63, 3.8) is 0 Å². The summed E-state index contributed by atoms with van der Waals surface area (Å²) >= 11 is 0. The number of likely N-dealkylation sites (tertiary alicyclic amines) is 1. The zero-order valence-corrected chi connectivity index (χ0v) is 15.4. The molecular weight excluding hydrogens is 312 g/mol. The molecule has 0 saturated carbocycles. The summed E-state index contributed by atoms with van der Waals surface area (Å²) in [5.41, 5.74) is 3.74. The zero-order chi connectivity index (χ0) is 17.6. The molecule has 4 heteroatoms. The number of nitrogens with zero attached hydrogens (tertiary/aromatic N) is 1. The molecule has 2 aromatic rings. The number of hydrogen-bond acceptors (Lipinski definition) is 4. The molecule has 0 unspecified atom stereocenters. The van der Waals surface area contributed by atoms with Crippen LogP contribution in [0.25, 0.3) is 0 Å². The summed E-state index contributed by atoms with van der Waals surface area (Å²) in [4.78, 5) is 2.50. The van der Waals surface area contributed by atoms with Crippen molar-refractivity contribution in [2.24, 2.45) is 0 Å². The second-order valence-corrected chi connectivity index (χ2v) is 6.74. The molecule has 1 heterocycles. The van der Waals surface area contributed by atoms with E-state index in [2.05, 4.69) is 47.5 Å². The van der Waals surface area contributed by atoms with Crippen LogP contribution in [0.15, 0.2) is 42.5 Å². The van der Waals surface area contributed by atoms with Gasteiger partial charge in [0.2, 0.25) is 0 Å². The van der Waals surface area contributed by atoms with Gasteiger partial charge in [-0.1, -0.05) is 23.8 Å². The third-order valence-corrected chi connectivity index (χ3v) is 4.90. The van der Waals surface area contributed by atoms with E-state index in [0.29, 0.717) is 6.04 Å². The van der Waals surface area contributed by atoms with E-state index in [0.717, 1.165) is 44.0 Å². The van der Waals surface area contributed by atoms with Crippen molar-refractivity contribution in [1.29, 1.82) is 0 Å². The molecule has 2 aromatic carbocycles. The lowest BCUT2D eigenvalue weighted by molar-refractivity contribution is 0.209. The Morgan fingerprint density at radius 1 is 1.00 bits per heavy atom. The SMILES string of the molecule is COc1ccc(CN2CCC(Nc3ccc(C)cc3)CC2)c(OC)c1. The summed E-state index contributed by atoms with van der Waals surface area (Å²) in [5.74, 6) is 1.74. The maximum absolute atomic E-state index is 5.52. The Balaban J connectivity index is 1.53. The van der Waals surface area contributed by atoms with Gasteiger partial charge in [-0.05, 0) is 38.0 Å². The Hall–Kier alpha value is -2.20. The van der Waals surface area contributed by atoms with Crippen LogP contribution in [-0.2, 0) is 6.54 Å². The quantitative estimate of drug-likeness (QED) is 0.859. The van der Waals surface area contributed by atoms with Crippen LogP contribution < -0.4 is 14.8 Å². The lowest BCUT2D eigenvalue weighted by Gasteiger charge is -2.33. The molecule has 0 amide bonds. The van der Waals surface area contributed by atoms with E-state index in [1.54, 1.807) is 14.2 Å². The summed E-state index contributed by atoms with van der Waals surface area (Å²) in [7, 11) is 3.40. The molecule has 0 aliphatic carbocycles. The Bertz CT molecular complexity index is 677. The fourth-order valence-corrected chi connectivity index (χ4v) is 3.34. The van der Waals surface area contributed by atoms with Crippen molar-refractivity contribution >= 4 is 5.69 Å². The van der Waals surface area contributed by atoms with Crippen LogP contribution in [0.5, 0.6) is 11.5 Å². The van der Waals surface area contributed by atoms with Gasteiger partial charge in [-0.3, -0.25) is 4.90 Å². The van der Waals surface area contributed by atoms with Gasteiger partial charge in [0.25, 0.3) is 0 Å². The van der Waals surface area contributed by atoms with Crippen molar-refractivity contribution in [2.45, 2.75) is 32.4 Å². The molecule has 3 rings (SSSR count). The first kappa shape index (κ1) is 17.6. The maximum Gasteiger partial charge on any atom is 0.127 e. The molecule has 0 spiro atoms. The Labute approximate surface area is 150 Å². The largest absolute Gasteiger partial charge is 0.497 e. The highest BCUT2D eigenvalue weighted by Gasteiger charge is 2.20. The van der Waals surface area contributed by atoms with Gasteiger partial charge >= 0.3 is 0 Å². The number of hydrogen-bond donors (Lipinski definition) is 1. The van der Waals surface area contributed by atoms with Gasteiger partial charge in [-0.2, -0.15) is 0 Å².